The molecule has 1 fully saturated rings. The van der Waals surface area contributed by atoms with Gasteiger partial charge in [0.1, 0.15) is 5.82 Å². The molecule has 0 saturated carbocycles. The number of carbonyl (C=O) groups excluding carboxylic acids is 1. The topological polar surface area (TPSA) is 74.0 Å². The van der Waals surface area contributed by atoms with Gasteiger partial charge in [0.25, 0.3) is 0 Å². The fourth-order valence-corrected chi connectivity index (χ4v) is 4.69. The van der Waals surface area contributed by atoms with E-state index >= 15 is 0 Å². The Kier molecular flexibility index (Phi) is 4.76. The molecule has 0 bridgehead atoms. The molecule has 3 aromatic rings. The van der Waals surface area contributed by atoms with Crippen molar-refractivity contribution in [3.63, 3.8) is 0 Å². The average Bonchev–Trinajstić information content (AvgIpc) is 3.16. The number of rotatable bonds is 3. The van der Waals surface area contributed by atoms with Gasteiger partial charge in [-0.25, -0.2) is 13.8 Å². The highest BCUT2D eigenvalue weighted by Crippen LogP contribution is 2.40. The summed E-state index contributed by atoms with van der Waals surface area (Å²) in [6.45, 7) is 5.38. The summed E-state index contributed by atoms with van der Waals surface area (Å²) in [6, 6.07) is 3.25. The first-order valence-electron chi connectivity index (χ1n) is 8.84. The van der Waals surface area contributed by atoms with Gasteiger partial charge in [-0.2, -0.15) is 4.52 Å². The summed E-state index contributed by atoms with van der Waals surface area (Å²) >= 11 is 1.26. The Bertz CT molecular complexity index is 1040. The molecule has 3 heterocycles. The molecule has 1 aliphatic heterocycles. The number of fused-ring (bicyclic) bond motifs is 1. The number of aromatic nitrogens is 3. The second-order valence-corrected chi connectivity index (χ2v) is 7.77. The van der Waals surface area contributed by atoms with Gasteiger partial charge in [-0.05, 0) is 24.6 Å². The third-order valence-corrected chi connectivity index (χ3v) is 6.01. The molecule has 1 N–H and O–H groups in total. The monoisotopic (exact) mass is 407 g/mol. The summed E-state index contributed by atoms with van der Waals surface area (Å²) in [7, 11) is 0. The Morgan fingerprint density at radius 1 is 1.21 bits per heavy atom. The van der Waals surface area contributed by atoms with E-state index in [1.807, 2.05) is 4.90 Å². The summed E-state index contributed by atoms with van der Waals surface area (Å²) < 4.78 is 28.8. The highest BCUT2D eigenvalue weighted by Gasteiger charge is 2.32. The minimum absolute atomic E-state index is 0.00106. The van der Waals surface area contributed by atoms with Gasteiger partial charge in [-0.1, -0.05) is 17.4 Å². The summed E-state index contributed by atoms with van der Waals surface area (Å²) in [5.41, 5.74) is 0.520. The van der Waals surface area contributed by atoms with Crippen LogP contribution in [0.4, 0.5) is 8.78 Å². The molecular formula is C18H19F2N5O2S. The number of hydrogen-bond donors (Lipinski definition) is 1. The maximum absolute atomic E-state index is 14.0. The molecule has 1 aromatic carbocycles. The van der Waals surface area contributed by atoms with E-state index in [2.05, 4.69) is 10.1 Å². The third-order valence-electron chi connectivity index (χ3n) is 4.94. The molecule has 0 spiro atoms. The fraction of sp³-hybridized carbons (Fsp3) is 0.389. The first kappa shape index (κ1) is 18.8. The van der Waals surface area contributed by atoms with Gasteiger partial charge in [-0.3, -0.25) is 9.69 Å². The van der Waals surface area contributed by atoms with Gasteiger partial charge in [0, 0.05) is 33.1 Å². The van der Waals surface area contributed by atoms with Gasteiger partial charge in [0.05, 0.1) is 10.9 Å². The molecule has 4 rings (SSSR count). The van der Waals surface area contributed by atoms with Gasteiger partial charge in [-0.15, -0.1) is 5.10 Å². The van der Waals surface area contributed by atoms with Crippen LogP contribution in [0.1, 0.15) is 29.2 Å². The van der Waals surface area contributed by atoms with Crippen molar-refractivity contribution >= 4 is 22.2 Å². The van der Waals surface area contributed by atoms with Crippen molar-refractivity contribution in [1.29, 1.82) is 0 Å². The van der Waals surface area contributed by atoms with Gasteiger partial charge >= 0.3 is 0 Å². The van der Waals surface area contributed by atoms with Gasteiger partial charge < -0.3 is 10.0 Å². The van der Waals surface area contributed by atoms with Crippen LogP contribution in [-0.4, -0.2) is 61.6 Å². The Morgan fingerprint density at radius 3 is 2.54 bits per heavy atom. The van der Waals surface area contributed by atoms with E-state index in [9.17, 15) is 18.7 Å². The zero-order valence-corrected chi connectivity index (χ0v) is 16.2. The van der Waals surface area contributed by atoms with Crippen LogP contribution in [0.2, 0.25) is 0 Å². The molecule has 0 radical (unpaired) electrons. The van der Waals surface area contributed by atoms with Crippen LogP contribution in [0.3, 0.4) is 0 Å². The third kappa shape index (κ3) is 3.22. The van der Waals surface area contributed by atoms with E-state index in [0.29, 0.717) is 47.4 Å². The van der Waals surface area contributed by atoms with Crippen molar-refractivity contribution in [1.82, 2.24) is 24.4 Å². The number of hydrogen-bond acceptors (Lipinski definition) is 6. The van der Waals surface area contributed by atoms with Crippen molar-refractivity contribution in [2.45, 2.75) is 19.9 Å². The molecule has 0 aliphatic carbocycles. The molecule has 1 unspecified atom stereocenters. The van der Waals surface area contributed by atoms with Crippen molar-refractivity contribution < 1.29 is 18.7 Å². The second-order valence-electron chi connectivity index (χ2n) is 6.76. The number of piperazine rings is 1. The van der Waals surface area contributed by atoms with Crippen LogP contribution >= 0.6 is 11.3 Å². The van der Waals surface area contributed by atoms with Gasteiger partial charge in [0.2, 0.25) is 16.7 Å². The zero-order valence-electron chi connectivity index (χ0n) is 15.4. The van der Waals surface area contributed by atoms with Crippen LogP contribution in [0.5, 0.6) is 5.88 Å². The Balaban J connectivity index is 1.76. The number of benzene rings is 1. The van der Waals surface area contributed by atoms with E-state index in [4.69, 9.17) is 0 Å². The van der Waals surface area contributed by atoms with E-state index in [1.54, 1.807) is 11.8 Å². The van der Waals surface area contributed by atoms with Crippen molar-refractivity contribution in [3.05, 3.63) is 46.1 Å². The number of amides is 1. The number of aryl methyl sites for hydroxylation is 1. The smallest absolute Gasteiger partial charge is 0.230 e. The fourth-order valence-electron chi connectivity index (χ4n) is 3.53. The minimum Gasteiger partial charge on any atom is -0.492 e. The van der Waals surface area contributed by atoms with Crippen LogP contribution in [-0.2, 0) is 4.79 Å². The first-order chi connectivity index (χ1) is 13.3. The quantitative estimate of drug-likeness (QED) is 0.722. The number of carbonyl (C=O) groups is 1. The molecule has 1 saturated heterocycles. The van der Waals surface area contributed by atoms with E-state index in [-0.39, 0.29) is 11.8 Å². The molecule has 2 aromatic heterocycles. The number of thiazole rings is 1. The lowest BCUT2D eigenvalue weighted by molar-refractivity contribution is -0.130. The molecule has 1 aliphatic rings. The van der Waals surface area contributed by atoms with E-state index < -0.39 is 17.7 Å². The number of nitrogens with zero attached hydrogens (tertiary/aromatic N) is 5. The predicted octanol–water partition coefficient (Wildman–Crippen LogP) is 2.34. The number of halogens is 2. The maximum atomic E-state index is 14.0. The first-order valence-corrected chi connectivity index (χ1v) is 9.66. The van der Waals surface area contributed by atoms with Crippen LogP contribution < -0.4 is 0 Å². The minimum atomic E-state index is -0.945. The van der Waals surface area contributed by atoms with Crippen molar-refractivity contribution in [2.24, 2.45) is 0 Å². The molecule has 1 amide bonds. The molecule has 7 nitrogen and oxygen atoms in total. The van der Waals surface area contributed by atoms with Crippen LogP contribution in [0.15, 0.2) is 18.2 Å². The normalized spacial score (nSPS) is 16.6. The molecule has 148 valence electrons. The second kappa shape index (κ2) is 7.10. The van der Waals surface area contributed by atoms with Gasteiger partial charge in [0.15, 0.2) is 11.6 Å². The summed E-state index contributed by atoms with van der Waals surface area (Å²) in [5, 5.41) is 14.9. The van der Waals surface area contributed by atoms with Crippen LogP contribution in [0, 0.1) is 18.6 Å². The van der Waals surface area contributed by atoms with Crippen LogP contribution in [0.25, 0.3) is 4.96 Å². The lowest BCUT2D eigenvalue weighted by atomic mass is 10.0. The summed E-state index contributed by atoms with van der Waals surface area (Å²) in [4.78, 5) is 20.8. The largest absolute Gasteiger partial charge is 0.492 e. The van der Waals surface area contributed by atoms with Crippen molar-refractivity contribution in [3.8, 4) is 5.88 Å². The Morgan fingerprint density at radius 2 is 1.93 bits per heavy atom. The highest BCUT2D eigenvalue weighted by atomic mass is 32.1. The summed E-state index contributed by atoms with van der Waals surface area (Å²) in [6.07, 6.45) is 0. The number of aromatic hydroxyl groups is 1. The lowest BCUT2D eigenvalue weighted by Crippen LogP contribution is -2.49. The Hall–Kier alpha value is -2.59. The highest BCUT2D eigenvalue weighted by molar-refractivity contribution is 7.17. The SMILES string of the molecule is CC(=O)N1CCN(C(c2ccc(F)c(F)c2)c2sc3nc(C)nn3c2O)CC1. The average molecular weight is 407 g/mol. The van der Waals surface area contributed by atoms with Crippen molar-refractivity contribution in [2.75, 3.05) is 26.2 Å². The van der Waals surface area contributed by atoms with E-state index in [1.165, 1.54) is 28.8 Å². The Labute approximate surface area is 163 Å². The summed E-state index contributed by atoms with van der Waals surface area (Å²) in [5.74, 6) is -1.40. The molecule has 1 atom stereocenters. The lowest BCUT2D eigenvalue weighted by Gasteiger charge is -2.38. The standard InChI is InChI=1S/C18H19F2N5O2S/c1-10-21-18-25(22-10)17(27)16(28-18)15(12-3-4-13(19)14(20)9-12)24-7-5-23(6-8-24)11(2)26/h3-4,9,15,27H,5-8H2,1-2H3. The maximum Gasteiger partial charge on any atom is 0.230 e. The zero-order chi connectivity index (χ0) is 20.0. The van der Waals surface area contributed by atoms with E-state index in [0.717, 1.165) is 12.1 Å². The molecule has 28 heavy (non-hydrogen) atoms. The molecule has 10 heteroatoms. The molecular weight excluding hydrogens is 388 g/mol. The predicted molar refractivity (Wildman–Crippen MR) is 99.3 cm³/mol.